The lowest BCUT2D eigenvalue weighted by atomic mass is 9.85. The van der Waals surface area contributed by atoms with Crippen LogP contribution in [0.3, 0.4) is 0 Å². The third-order valence-corrected chi connectivity index (χ3v) is 6.38. The van der Waals surface area contributed by atoms with E-state index in [1.54, 1.807) is 18.9 Å². The molecule has 7 nitrogen and oxygen atoms in total. The van der Waals surface area contributed by atoms with Gasteiger partial charge in [-0.2, -0.15) is 0 Å². The van der Waals surface area contributed by atoms with Crippen LogP contribution in [0.2, 0.25) is 0 Å². The Balaban J connectivity index is 1.87. The van der Waals surface area contributed by atoms with Gasteiger partial charge in [0.1, 0.15) is 23.6 Å². The second-order valence-electron chi connectivity index (χ2n) is 9.69. The molecule has 0 spiro atoms. The Hall–Kier alpha value is -2.68. The highest BCUT2D eigenvalue weighted by Crippen LogP contribution is 2.37. The molecule has 3 rings (SSSR count). The topological polar surface area (TPSA) is 73.9 Å². The van der Waals surface area contributed by atoms with Gasteiger partial charge < -0.3 is 25.2 Å². The van der Waals surface area contributed by atoms with E-state index < -0.39 is 29.1 Å². The first-order valence-corrected chi connectivity index (χ1v) is 11.4. The van der Waals surface area contributed by atoms with Crippen LogP contribution in [0.15, 0.2) is 30.2 Å². The van der Waals surface area contributed by atoms with Gasteiger partial charge in [-0.3, -0.25) is 9.59 Å². The molecule has 2 amide bonds. The van der Waals surface area contributed by atoms with Crippen molar-refractivity contribution in [2.45, 2.75) is 65.2 Å². The molecular weight excluding hydrogens is 430 g/mol. The first kappa shape index (κ1) is 25.0. The number of nitrogens with one attached hydrogen (secondary N) is 2. The van der Waals surface area contributed by atoms with Gasteiger partial charge in [0, 0.05) is 25.4 Å². The molecule has 2 N–H and O–H groups in total. The zero-order chi connectivity index (χ0) is 24.5. The predicted molar refractivity (Wildman–Crippen MR) is 121 cm³/mol. The van der Waals surface area contributed by atoms with Crippen molar-refractivity contribution in [3.63, 3.8) is 0 Å². The molecule has 0 aromatic heterocycles. The average molecular weight is 465 g/mol. The third-order valence-electron chi connectivity index (χ3n) is 6.38. The monoisotopic (exact) mass is 464 g/mol. The number of ether oxygens (including phenoxy) is 1. The molecule has 4 unspecified atom stereocenters. The number of hydrogen-bond donors (Lipinski definition) is 2. The second kappa shape index (κ2) is 9.67. The quantitative estimate of drug-likeness (QED) is 0.649. The Morgan fingerprint density at radius 2 is 1.94 bits per heavy atom. The van der Waals surface area contributed by atoms with Crippen molar-refractivity contribution in [2.24, 2.45) is 5.41 Å². The highest BCUT2D eigenvalue weighted by molar-refractivity contribution is 5.90. The number of fused-ring (bicyclic) bond motifs is 1. The van der Waals surface area contributed by atoms with Crippen LogP contribution >= 0.6 is 0 Å². The van der Waals surface area contributed by atoms with Gasteiger partial charge in [-0.25, -0.2) is 8.78 Å². The van der Waals surface area contributed by atoms with Crippen LogP contribution in [0.25, 0.3) is 0 Å². The lowest BCUT2D eigenvalue weighted by Gasteiger charge is -2.36. The van der Waals surface area contributed by atoms with Gasteiger partial charge in [0.2, 0.25) is 11.8 Å². The van der Waals surface area contributed by atoms with Gasteiger partial charge in [-0.1, -0.05) is 20.8 Å². The normalized spacial score (nSPS) is 22.0. The molecular formula is C24H34F2N4O3. The number of halogens is 2. The maximum Gasteiger partial charge on any atom is 0.246 e. The number of likely N-dealkylation sites (N-methyl/N-ethyl adjacent to an activating group) is 2. The van der Waals surface area contributed by atoms with Gasteiger partial charge >= 0.3 is 0 Å². The number of amides is 2. The molecule has 1 saturated heterocycles. The molecule has 182 valence electrons. The molecule has 9 heteroatoms. The molecule has 33 heavy (non-hydrogen) atoms. The lowest BCUT2D eigenvalue weighted by molar-refractivity contribution is -0.140. The van der Waals surface area contributed by atoms with E-state index in [-0.39, 0.29) is 29.6 Å². The summed E-state index contributed by atoms with van der Waals surface area (Å²) in [5.41, 5.74) is -0.522. The molecule has 1 aromatic rings. The highest BCUT2D eigenvalue weighted by Gasteiger charge is 2.49. The summed E-state index contributed by atoms with van der Waals surface area (Å²) in [5, 5.41) is 5.80. The van der Waals surface area contributed by atoms with E-state index in [4.69, 9.17) is 4.74 Å². The van der Waals surface area contributed by atoms with Gasteiger partial charge in [-0.05, 0) is 44.9 Å². The van der Waals surface area contributed by atoms with Crippen molar-refractivity contribution in [1.82, 2.24) is 20.4 Å². The van der Waals surface area contributed by atoms with Crippen molar-refractivity contribution in [1.29, 1.82) is 0 Å². The van der Waals surface area contributed by atoms with E-state index in [1.165, 1.54) is 6.07 Å². The standard InChI is InChI=1S/C24H34F2N4O3/c1-7-29-13-19(33-15-8-9-16(25)17(26)12-15)20-18(29)10-11-30(20)23(32)21(24(3,4)5)28-22(31)14(2)27-6/h8-9,12-14,18,20-21,27H,7,10-11H2,1-6H3,(H,28,31). The van der Waals surface area contributed by atoms with Crippen LogP contribution in [-0.4, -0.2) is 65.9 Å². The van der Waals surface area contributed by atoms with Crippen LogP contribution in [-0.2, 0) is 9.59 Å². The van der Waals surface area contributed by atoms with Crippen molar-refractivity contribution in [3.8, 4) is 5.75 Å². The Kier molecular flexibility index (Phi) is 7.31. The Morgan fingerprint density at radius 3 is 2.52 bits per heavy atom. The van der Waals surface area contributed by atoms with Gasteiger partial charge in [0.25, 0.3) is 0 Å². The van der Waals surface area contributed by atoms with Crippen molar-refractivity contribution in [3.05, 3.63) is 41.8 Å². The minimum atomic E-state index is -0.997. The van der Waals surface area contributed by atoms with Crippen LogP contribution in [0, 0.1) is 17.0 Å². The van der Waals surface area contributed by atoms with Gasteiger partial charge in [0.15, 0.2) is 11.6 Å². The average Bonchev–Trinajstić information content (AvgIpc) is 3.33. The molecule has 2 heterocycles. The number of hydrogen-bond acceptors (Lipinski definition) is 5. The first-order chi connectivity index (χ1) is 15.5. The van der Waals surface area contributed by atoms with Crippen molar-refractivity contribution < 1.29 is 23.1 Å². The highest BCUT2D eigenvalue weighted by atomic mass is 19.2. The number of carbonyl (C=O) groups is 2. The minimum absolute atomic E-state index is 0.0202. The predicted octanol–water partition coefficient (Wildman–Crippen LogP) is 2.63. The Morgan fingerprint density at radius 1 is 1.24 bits per heavy atom. The molecule has 0 bridgehead atoms. The number of rotatable bonds is 7. The van der Waals surface area contributed by atoms with E-state index in [1.807, 2.05) is 33.9 Å². The summed E-state index contributed by atoms with van der Waals surface area (Å²) >= 11 is 0. The van der Waals surface area contributed by atoms with E-state index in [0.29, 0.717) is 18.8 Å². The van der Waals surface area contributed by atoms with E-state index >= 15 is 0 Å². The fraction of sp³-hybridized carbons (Fsp3) is 0.583. The Labute approximate surface area is 194 Å². The summed E-state index contributed by atoms with van der Waals surface area (Å²) in [7, 11) is 1.69. The van der Waals surface area contributed by atoms with Crippen LogP contribution < -0.4 is 15.4 Å². The molecule has 0 saturated carbocycles. The number of likely N-dealkylation sites (tertiary alicyclic amines) is 1. The lowest BCUT2D eigenvalue weighted by Crippen LogP contribution is -2.58. The summed E-state index contributed by atoms with van der Waals surface area (Å²) in [6.45, 7) is 10.7. The van der Waals surface area contributed by atoms with Gasteiger partial charge in [-0.15, -0.1) is 0 Å². The zero-order valence-electron chi connectivity index (χ0n) is 20.1. The molecule has 0 radical (unpaired) electrons. The Bertz CT molecular complexity index is 931. The first-order valence-electron chi connectivity index (χ1n) is 11.4. The van der Waals surface area contributed by atoms with Crippen LogP contribution in [0.5, 0.6) is 5.75 Å². The maximum absolute atomic E-state index is 13.8. The fourth-order valence-electron chi connectivity index (χ4n) is 4.35. The van der Waals surface area contributed by atoms with Crippen LogP contribution in [0.1, 0.15) is 41.0 Å². The fourth-order valence-corrected chi connectivity index (χ4v) is 4.35. The smallest absolute Gasteiger partial charge is 0.246 e. The van der Waals surface area contributed by atoms with Crippen molar-refractivity contribution in [2.75, 3.05) is 20.1 Å². The molecule has 1 fully saturated rings. The van der Waals surface area contributed by atoms with E-state index in [9.17, 15) is 18.4 Å². The number of benzene rings is 1. The summed E-state index contributed by atoms with van der Waals surface area (Å²) < 4.78 is 33.0. The van der Waals surface area contributed by atoms with E-state index in [0.717, 1.165) is 18.6 Å². The van der Waals surface area contributed by atoms with Gasteiger partial charge in [0.05, 0.1) is 12.1 Å². The largest absolute Gasteiger partial charge is 0.458 e. The summed E-state index contributed by atoms with van der Waals surface area (Å²) in [5.74, 6) is -1.72. The van der Waals surface area contributed by atoms with Crippen molar-refractivity contribution >= 4 is 11.8 Å². The number of nitrogens with zero attached hydrogens (tertiary/aromatic N) is 2. The second-order valence-corrected chi connectivity index (χ2v) is 9.69. The van der Waals surface area contributed by atoms with E-state index in [2.05, 4.69) is 15.5 Å². The SMILES string of the molecule is CCN1C=C(Oc2ccc(F)c(F)c2)C2C1CCN2C(=O)C(NC(=O)C(C)NC)C(C)(C)C. The summed E-state index contributed by atoms with van der Waals surface area (Å²) in [6.07, 6.45) is 2.58. The maximum atomic E-state index is 13.8. The molecule has 1 aromatic carbocycles. The third kappa shape index (κ3) is 5.13. The summed E-state index contributed by atoms with van der Waals surface area (Å²) in [6, 6.07) is 1.84. The van der Waals surface area contributed by atoms with Crippen LogP contribution in [0.4, 0.5) is 8.78 Å². The minimum Gasteiger partial charge on any atom is -0.458 e. The molecule has 0 aliphatic carbocycles. The molecule has 2 aliphatic heterocycles. The zero-order valence-corrected chi connectivity index (χ0v) is 20.1. The molecule has 4 atom stereocenters. The summed E-state index contributed by atoms with van der Waals surface area (Å²) in [4.78, 5) is 30.2. The molecule has 2 aliphatic rings. The number of carbonyl (C=O) groups excluding carboxylic acids is 2.